The van der Waals surface area contributed by atoms with Gasteiger partial charge in [0.2, 0.25) is 0 Å². The number of aliphatic carboxylic acids is 1. The number of fused-ring (bicyclic) bond motifs is 1. The summed E-state index contributed by atoms with van der Waals surface area (Å²) in [4.78, 5) is 28.7. The van der Waals surface area contributed by atoms with Crippen LogP contribution in [0.2, 0.25) is 0 Å². The number of rotatable bonds is 4. The second-order valence-corrected chi connectivity index (χ2v) is 5.25. The molecule has 0 atom stereocenters. The first-order chi connectivity index (χ1) is 9.81. The number of carbonyl (C=O) groups is 2. The second-order valence-electron chi connectivity index (χ2n) is 5.25. The number of amides is 1. The zero-order chi connectivity index (χ0) is 15.7. The van der Waals surface area contributed by atoms with Gasteiger partial charge in [0.25, 0.3) is 11.6 Å². The van der Waals surface area contributed by atoms with Crippen LogP contribution in [0.15, 0.2) is 10.6 Å². The van der Waals surface area contributed by atoms with Crippen LogP contribution in [0.25, 0.3) is 11.1 Å². The molecule has 1 N–H and O–H groups in total. The van der Waals surface area contributed by atoms with Gasteiger partial charge in [0.15, 0.2) is 0 Å². The van der Waals surface area contributed by atoms with Crippen molar-refractivity contribution in [2.75, 3.05) is 13.6 Å². The van der Waals surface area contributed by atoms with Gasteiger partial charge < -0.3 is 14.5 Å². The first-order valence-electron chi connectivity index (χ1n) is 6.55. The number of carboxylic acids is 1. The number of nitrogens with zero attached hydrogens (tertiary/aromatic N) is 3. The van der Waals surface area contributed by atoms with Crippen LogP contribution in [0, 0.1) is 6.92 Å². The summed E-state index contributed by atoms with van der Waals surface area (Å²) in [6.07, 6.45) is 0. The summed E-state index contributed by atoms with van der Waals surface area (Å²) in [5.74, 6) is -1.35. The van der Waals surface area contributed by atoms with Gasteiger partial charge in [-0.15, -0.1) is 0 Å². The fraction of sp³-hybridized carbons (Fsp3) is 0.429. The van der Waals surface area contributed by atoms with Crippen molar-refractivity contribution in [2.45, 2.75) is 26.7 Å². The van der Waals surface area contributed by atoms with Gasteiger partial charge in [-0.05, 0) is 18.9 Å². The molecule has 0 aromatic carbocycles. The Morgan fingerprint density at radius 1 is 1.43 bits per heavy atom. The lowest BCUT2D eigenvalue weighted by Gasteiger charge is -2.16. The molecule has 0 aliphatic heterocycles. The molecule has 0 aliphatic carbocycles. The molecule has 0 fully saturated rings. The van der Waals surface area contributed by atoms with Crippen molar-refractivity contribution in [3.8, 4) is 0 Å². The topological polar surface area (TPSA) is 96.5 Å². The quantitative estimate of drug-likeness (QED) is 0.922. The lowest BCUT2D eigenvalue weighted by molar-refractivity contribution is -0.137. The van der Waals surface area contributed by atoms with E-state index in [0.29, 0.717) is 28.1 Å². The van der Waals surface area contributed by atoms with Crippen LogP contribution < -0.4 is 0 Å². The maximum Gasteiger partial charge on any atom is 0.323 e. The minimum Gasteiger partial charge on any atom is -0.480 e. The molecule has 2 aromatic heterocycles. The van der Waals surface area contributed by atoms with E-state index in [4.69, 9.17) is 9.63 Å². The van der Waals surface area contributed by atoms with E-state index in [0.717, 1.165) is 4.90 Å². The van der Waals surface area contributed by atoms with Gasteiger partial charge in [-0.25, -0.2) is 4.98 Å². The fourth-order valence-corrected chi connectivity index (χ4v) is 2.06. The Bertz CT molecular complexity index is 706. The van der Waals surface area contributed by atoms with Crippen molar-refractivity contribution in [1.82, 2.24) is 15.0 Å². The Morgan fingerprint density at radius 3 is 2.67 bits per heavy atom. The maximum absolute atomic E-state index is 12.5. The predicted octanol–water partition coefficient (Wildman–Crippen LogP) is 1.81. The summed E-state index contributed by atoms with van der Waals surface area (Å²) in [7, 11) is 1.45. The molecule has 7 nitrogen and oxygen atoms in total. The second kappa shape index (κ2) is 5.51. The van der Waals surface area contributed by atoms with Gasteiger partial charge in [0.1, 0.15) is 6.54 Å². The number of aromatic nitrogens is 2. The lowest BCUT2D eigenvalue weighted by atomic mass is 10.0. The van der Waals surface area contributed by atoms with Gasteiger partial charge in [0, 0.05) is 12.7 Å². The molecule has 0 radical (unpaired) electrons. The molecule has 2 aromatic rings. The van der Waals surface area contributed by atoms with E-state index in [1.807, 2.05) is 13.8 Å². The van der Waals surface area contributed by atoms with E-state index in [2.05, 4.69) is 10.1 Å². The molecule has 0 aliphatic rings. The third kappa shape index (κ3) is 2.86. The van der Waals surface area contributed by atoms with E-state index in [-0.39, 0.29) is 12.5 Å². The van der Waals surface area contributed by atoms with E-state index < -0.39 is 11.9 Å². The molecule has 0 bridgehead atoms. The highest BCUT2D eigenvalue weighted by Gasteiger charge is 2.22. The minimum absolute atomic E-state index is 0.108. The van der Waals surface area contributed by atoms with Crippen LogP contribution in [0.4, 0.5) is 0 Å². The summed E-state index contributed by atoms with van der Waals surface area (Å²) in [6, 6.07) is 1.68. The number of hydrogen-bond donors (Lipinski definition) is 1. The minimum atomic E-state index is -1.07. The SMILES string of the molecule is Cc1noc2nc(C(C)C)cc(C(=O)N(C)CC(=O)O)c12. The van der Waals surface area contributed by atoms with Crippen molar-refractivity contribution in [3.63, 3.8) is 0 Å². The fourth-order valence-electron chi connectivity index (χ4n) is 2.06. The van der Waals surface area contributed by atoms with Gasteiger partial charge in [-0.3, -0.25) is 9.59 Å². The maximum atomic E-state index is 12.5. The number of carbonyl (C=O) groups excluding carboxylic acids is 1. The molecule has 112 valence electrons. The summed E-state index contributed by atoms with van der Waals surface area (Å²) < 4.78 is 5.14. The van der Waals surface area contributed by atoms with Crippen LogP contribution in [0.3, 0.4) is 0 Å². The number of carboxylic acid groups (broad SMARTS) is 1. The average molecular weight is 291 g/mol. The zero-order valence-corrected chi connectivity index (χ0v) is 12.4. The molecule has 0 spiro atoms. The summed E-state index contributed by atoms with van der Waals surface area (Å²) in [5.41, 5.74) is 1.92. The van der Waals surface area contributed by atoms with Crippen molar-refractivity contribution < 1.29 is 19.2 Å². The van der Waals surface area contributed by atoms with Crippen molar-refractivity contribution in [3.05, 3.63) is 23.0 Å². The monoisotopic (exact) mass is 291 g/mol. The highest BCUT2D eigenvalue weighted by molar-refractivity contribution is 6.06. The third-order valence-corrected chi connectivity index (χ3v) is 3.18. The molecule has 21 heavy (non-hydrogen) atoms. The molecule has 0 unspecified atom stereocenters. The summed E-state index contributed by atoms with van der Waals surface area (Å²) in [5, 5.41) is 13.2. The van der Waals surface area contributed by atoms with E-state index in [1.165, 1.54) is 7.05 Å². The van der Waals surface area contributed by atoms with Crippen LogP contribution in [0.1, 0.15) is 41.5 Å². The molecule has 0 saturated carbocycles. The summed E-state index contributed by atoms with van der Waals surface area (Å²) >= 11 is 0. The van der Waals surface area contributed by atoms with E-state index in [1.54, 1.807) is 13.0 Å². The van der Waals surface area contributed by atoms with E-state index in [9.17, 15) is 9.59 Å². The molecule has 0 saturated heterocycles. The zero-order valence-electron chi connectivity index (χ0n) is 12.4. The number of pyridine rings is 1. The molecular weight excluding hydrogens is 274 g/mol. The standard InChI is InChI=1S/C14H17N3O4/c1-7(2)10-5-9(14(20)17(4)6-11(18)19)12-8(3)16-21-13(12)15-10/h5,7H,6H2,1-4H3,(H,18,19). The number of aryl methyl sites for hydroxylation is 1. The number of hydrogen-bond acceptors (Lipinski definition) is 5. The normalized spacial score (nSPS) is 11.1. The number of likely N-dealkylation sites (N-methyl/N-ethyl adjacent to an activating group) is 1. The van der Waals surface area contributed by atoms with Crippen LogP contribution in [-0.4, -0.2) is 45.6 Å². The van der Waals surface area contributed by atoms with Gasteiger partial charge in [0.05, 0.1) is 16.6 Å². The van der Waals surface area contributed by atoms with E-state index >= 15 is 0 Å². The molecule has 2 heterocycles. The summed E-state index contributed by atoms with van der Waals surface area (Å²) in [6.45, 7) is 5.25. The molecular formula is C14H17N3O4. The Morgan fingerprint density at radius 2 is 2.10 bits per heavy atom. The Kier molecular flexibility index (Phi) is 3.93. The van der Waals surface area contributed by atoms with Crippen molar-refractivity contribution >= 4 is 23.0 Å². The average Bonchev–Trinajstić information content (AvgIpc) is 2.78. The Hall–Kier alpha value is -2.44. The highest BCUT2D eigenvalue weighted by atomic mass is 16.5. The van der Waals surface area contributed by atoms with Crippen LogP contribution >= 0.6 is 0 Å². The molecule has 7 heteroatoms. The molecule has 2 rings (SSSR count). The van der Waals surface area contributed by atoms with Crippen molar-refractivity contribution in [1.29, 1.82) is 0 Å². The predicted molar refractivity (Wildman–Crippen MR) is 75.2 cm³/mol. The van der Waals surface area contributed by atoms with Crippen LogP contribution in [0.5, 0.6) is 0 Å². The first kappa shape index (κ1) is 15.0. The smallest absolute Gasteiger partial charge is 0.323 e. The Balaban J connectivity index is 2.57. The highest BCUT2D eigenvalue weighted by Crippen LogP contribution is 2.25. The van der Waals surface area contributed by atoms with Gasteiger partial charge in [-0.1, -0.05) is 19.0 Å². The van der Waals surface area contributed by atoms with Gasteiger partial charge >= 0.3 is 5.97 Å². The third-order valence-electron chi connectivity index (χ3n) is 3.18. The largest absolute Gasteiger partial charge is 0.480 e. The van der Waals surface area contributed by atoms with Crippen LogP contribution in [-0.2, 0) is 4.79 Å². The van der Waals surface area contributed by atoms with Gasteiger partial charge in [-0.2, -0.15) is 0 Å². The molecule has 1 amide bonds. The van der Waals surface area contributed by atoms with Crippen molar-refractivity contribution in [2.24, 2.45) is 0 Å². The first-order valence-corrected chi connectivity index (χ1v) is 6.55. The Labute approximate surface area is 121 Å². The lowest BCUT2D eigenvalue weighted by Crippen LogP contribution is -2.32.